The summed E-state index contributed by atoms with van der Waals surface area (Å²) in [5.41, 5.74) is 5.30. The lowest BCUT2D eigenvalue weighted by atomic mass is 9.92. The molecule has 1 amide bonds. The molecule has 0 spiro atoms. The van der Waals surface area contributed by atoms with Crippen LogP contribution in [0.3, 0.4) is 0 Å². The van der Waals surface area contributed by atoms with Gasteiger partial charge in [0.25, 0.3) is 0 Å². The maximum Gasteiger partial charge on any atom is 0.220 e. The van der Waals surface area contributed by atoms with Crippen LogP contribution in [0, 0.1) is 5.92 Å². The van der Waals surface area contributed by atoms with E-state index in [0.29, 0.717) is 0 Å². The lowest BCUT2D eigenvalue weighted by molar-refractivity contribution is -0.122. The summed E-state index contributed by atoms with van der Waals surface area (Å²) in [5, 5.41) is 6.35. The van der Waals surface area contributed by atoms with Crippen molar-refractivity contribution in [2.45, 2.75) is 18.9 Å². The van der Waals surface area contributed by atoms with E-state index < -0.39 is 0 Å². The van der Waals surface area contributed by atoms with Gasteiger partial charge >= 0.3 is 0 Å². The lowest BCUT2D eigenvalue weighted by Crippen LogP contribution is -2.37. The van der Waals surface area contributed by atoms with E-state index in [1.165, 1.54) is 0 Å². The number of rotatable bonds is 2. The van der Waals surface area contributed by atoms with Crippen LogP contribution >= 0.6 is 11.3 Å². The Balaban J connectivity index is 2.04. The Labute approximate surface area is 86.5 Å². The molecule has 2 rings (SSSR count). The molecule has 0 aliphatic carbocycles. The average Bonchev–Trinajstić information content (AvgIpc) is 2.71. The summed E-state index contributed by atoms with van der Waals surface area (Å²) in [4.78, 5) is 15.3. The second-order valence-electron chi connectivity index (χ2n) is 3.50. The molecule has 3 N–H and O–H groups in total. The number of nitrogens with one attached hydrogen (secondary N) is 1. The molecule has 5 heteroatoms. The van der Waals surface area contributed by atoms with Crippen molar-refractivity contribution in [3.63, 3.8) is 0 Å². The fraction of sp³-hybridized carbons (Fsp3) is 0.556. The number of nitrogens with zero attached hydrogens (tertiary/aromatic N) is 1. The molecule has 4 nitrogen and oxygen atoms in total. The molecule has 1 saturated heterocycles. The minimum Gasteiger partial charge on any atom is -0.369 e. The van der Waals surface area contributed by atoms with Gasteiger partial charge in [0.2, 0.25) is 5.91 Å². The number of carbonyl (C=O) groups is 1. The summed E-state index contributed by atoms with van der Waals surface area (Å²) >= 11 is 1.62. The van der Waals surface area contributed by atoms with E-state index in [0.717, 1.165) is 24.4 Å². The first-order chi connectivity index (χ1) is 6.77. The Morgan fingerprint density at radius 1 is 1.71 bits per heavy atom. The van der Waals surface area contributed by atoms with Crippen LogP contribution in [0.2, 0.25) is 0 Å². The van der Waals surface area contributed by atoms with Crippen LogP contribution in [0.25, 0.3) is 0 Å². The molecular weight excluding hydrogens is 198 g/mol. The lowest BCUT2D eigenvalue weighted by Gasteiger charge is -2.26. The molecule has 1 aliphatic rings. The highest BCUT2D eigenvalue weighted by Gasteiger charge is 2.27. The van der Waals surface area contributed by atoms with E-state index in [4.69, 9.17) is 5.73 Å². The van der Waals surface area contributed by atoms with E-state index in [-0.39, 0.29) is 17.9 Å². The molecule has 2 atom stereocenters. The number of thiazole rings is 1. The number of hydrogen-bond donors (Lipinski definition) is 2. The summed E-state index contributed by atoms with van der Waals surface area (Å²) in [6, 6.07) is 0.209. The van der Waals surface area contributed by atoms with Gasteiger partial charge in [-0.3, -0.25) is 4.79 Å². The highest BCUT2D eigenvalue weighted by Crippen LogP contribution is 2.27. The van der Waals surface area contributed by atoms with Gasteiger partial charge in [-0.25, -0.2) is 4.98 Å². The fourth-order valence-electron chi connectivity index (χ4n) is 1.77. The summed E-state index contributed by atoms with van der Waals surface area (Å²) in [6.45, 7) is 0.845. The Morgan fingerprint density at radius 2 is 2.57 bits per heavy atom. The van der Waals surface area contributed by atoms with Crippen LogP contribution < -0.4 is 11.1 Å². The van der Waals surface area contributed by atoms with Gasteiger partial charge in [-0.15, -0.1) is 11.3 Å². The largest absolute Gasteiger partial charge is 0.369 e. The number of primary amides is 1. The van der Waals surface area contributed by atoms with Crippen LogP contribution in [0.15, 0.2) is 11.6 Å². The third kappa shape index (κ3) is 1.93. The number of hydrogen-bond acceptors (Lipinski definition) is 4. The van der Waals surface area contributed by atoms with E-state index in [1.807, 2.05) is 5.38 Å². The van der Waals surface area contributed by atoms with E-state index in [1.54, 1.807) is 17.5 Å². The van der Waals surface area contributed by atoms with Gasteiger partial charge < -0.3 is 11.1 Å². The third-order valence-electron chi connectivity index (χ3n) is 2.56. The molecule has 0 bridgehead atoms. The zero-order chi connectivity index (χ0) is 9.97. The zero-order valence-corrected chi connectivity index (χ0v) is 8.59. The molecular formula is C9H13N3OS. The van der Waals surface area contributed by atoms with Crippen LogP contribution in [0.5, 0.6) is 0 Å². The van der Waals surface area contributed by atoms with Crippen molar-refractivity contribution in [3.05, 3.63) is 16.6 Å². The molecule has 2 unspecified atom stereocenters. The summed E-state index contributed by atoms with van der Waals surface area (Å²) in [7, 11) is 0. The molecule has 0 saturated carbocycles. The number of aromatic nitrogens is 1. The van der Waals surface area contributed by atoms with Crippen LogP contribution in [0.1, 0.15) is 23.9 Å². The van der Waals surface area contributed by atoms with Crippen molar-refractivity contribution in [1.29, 1.82) is 0 Å². The Hall–Kier alpha value is -0.940. The van der Waals surface area contributed by atoms with Crippen molar-refractivity contribution in [1.82, 2.24) is 10.3 Å². The van der Waals surface area contributed by atoms with Gasteiger partial charge in [-0.2, -0.15) is 0 Å². The number of piperidine rings is 1. The van der Waals surface area contributed by atoms with Gasteiger partial charge in [-0.1, -0.05) is 0 Å². The van der Waals surface area contributed by atoms with Crippen LogP contribution in [-0.2, 0) is 4.79 Å². The summed E-state index contributed by atoms with van der Waals surface area (Å²) < 4.78 is 0. The van der Waals surface area contributed by atoms with Crippen molar-refractivity contribution < 1.29 is 4.79 Å². The van der Waals surface area contributed by atoms with Gasteiger partial charge in [0.05, 0.1) is 6.04 Å². The molecule has 1 aromatic rings. The first-order valence-corrected chi connectivity index (χ1v) is 5.57. The molecule has 1 aliphatic heterocycles. The quantitative estimate of drug-likeness (QED) is 0.755. The third-order valence-corrected chi connectivity index (χ3v) is 3.44. The minimum atomic E-state index is -0.187. The number of nitrogens with two attached hydrogens (primary N) is 1. The molecule has 1 fully saturated rings. The van der Waals surface area contributed by atoms with Crippen LogP contribution in [0.4, 0.5) is 0 Å². The number of carbonyl (C=O) groups excluding carboxylic acids is 1. The first kappa shape index (κ1) is 9.61. The summed E-state index contributed by atoms with van der Waals surface area (Å²) in [6.07, 6.45) is 3.41. The van der Waals surface area contributed by atoms with Crippen LogP contribution in [-0.4, -0.2) is 17.4 Å². The Bertz CT molecular complexity index is 312. The highest BCUT2D eigenvalue weighted by molar-refractivity contribution is 7.09. The topological polar surface area (TPSA) is 68.0 Å². The van der Waals surface area contributed by atoms with Crippen molar-refractivity contribution >= 4 is 17.2 Å². The number of amides is 1. The molecule has 14 heavy (non-hydrogen) atoms. The zero-order valence-electron chi connectivity index (χ0n) is 7.77. The minimum absolute atomic E-state index is 0.00477. The fourth-order valence-corrected chi connectivity index (χ4v) is 2.50. The predicted octanol–water partition coefficient (Wildman–Crippen LogP) is 0.669. The van der Waals surface area contributed by atoms with E-state index in [2.05, 4.69) is 10.3 Å². The van der Waals surface area contributed by atoms with Crippen molar-refractivity contribution in [2.24, 2.45) is 11.7 Å². The van der Waals surface area contributed by atoms with Crippen molar-refractivity contribution in [2.75, 3.05) is 6.54 Å². The predicted molar refractivity (Wildman–Crippen MR) is 54.8 cm³/mol. The van der Waals surface area contributed by atoms with E-state index >= 15 is 0 Å². The molecule has 0 aromatic carbocycles. The highest BCUT2D eigenvalue weighted by atomic mass is 32.1. The Kier molecular flexibility index (Phi) is 2.79. The maximum absolute atomic E-state index is 11.0. The van der Waals surface area contributed by atoms with Gasteiger partial charge in [0.15, 0.2) is 0 Å². The second-order valence-corrected chi connectivity index (χ2v) is 4.43. The van der Waals surface area contributed by atoms with Gasteiger partial charge in [-0.05, 0) is 19.4 Å². The smallest absolute Gasteiger partial charge is 0.220 e. The monoisotopic (exact) mass is 211 g/mol. The van der Waals surface area contributed by atoms with Gasteiger partial charge in [0, 0.05) is 17.5 Å². The Morgan fingerprint density at radius 3 is 3.21 bits per heavy atom. The van der Waals surface area contributed by atoms with Crippen molar-refractivity contribution in [3.8, 4) is 0 Å². The maximum atomic E-state index is 11.0. The summed E-state index contributed by atoms with van der Waals surface area (Å²) in [5.74, 6) is -0.182. The standard InChI is InChI=1S/C9H13N3OS/c10-8(13)6-1-2-11-7(5-6)9-12-3-4-14-9/h3-4,6-7,11H,1-2,5H2,(H2,10,13). The molecule has 1 aromatic heterocycles. The average molecular weight is 211 g/mol. The second kappa shape index (κ2) is 4.06. The molecule has 0 radical (unpaired) electrons. The molecule has 76 valence electrons. The van der Waals surface area contributed by atoms with E-state index in [9.17, 15) is 4.79 Å². The van der Waals surface area contributed by atoms with Gasteiger partial charge in [0.1, 0.15) is 5.01 Å². The molecule has 2 heterocycles. The first-order valence-electron chi connectivity index (χ1n) is 4.69. The normalized spacial score (nSPS) is 27.4. The SMILES string of the molecule is NC(=O)C1CCNC(c2nccs2)C1.